The smallest absolute Gasteiger partial charge is 0.317 e. The lowest BCUT2D eigenvalue weighted by molar-refractivity contribution is 0.166. The predicted molar refractivity (Wildman–Crippen MR) is 54.0 cm³/mol. The normalized spacial score (nSPS) is 30.0. The molecule has 3 aliphatic rings. The SMILES string of the molecule is O=C1NCCCN1CC1(C2CC2)CC1. The quantitative estimate of drug-likeness (QED) is 0.727. The summed E-state index contributed by atoms with van der Waals surface area (Å²) in [6, 6.07) is 0.170. The number of hydrogen-bond donors (Lipinski definition) is 1. The van der Waals surface area contributed by atoms with Crippen LogP contribution in [0.3, 0.4) is 0 Å². The van der Waals surface area contributed by atoms with Gasteiger partial charge < -0.3 is 10.2 Å². The number of hydrogen-bond acceptors (Lipinski definition) is 1. The molecule has 0 aromatic carbocycles. The van der Waals surface area contributed by atoms with Crippen molar-refractivity contribution in [3.8, 4) is 0 Å². The fourth-order valence-corrected chi connectivity index (χ4v) is 2.76. The number of carbonyl (C=O) groups excluding carboxylic acids is 1. The summed E-state index contributed by atoms with van der Waals surface area (Å²) < 4.78 is 0. The second kappa shape index (κ2) is 2.88. The molecule has 0 aromatic rings. The largest absolute Gasteiger partial charge is 0.338 e. The van der Waals surface area contributed by atoms with E-state index in [9.17, 15) is 4.79 Å². The molecule has 3 heteroatoms. The standard InChI is InChI=1S/C11H18N2O/c14-10-12-6-1-7-13(10)8-11(4-5-11)9-2-3-9/h9H,1-8H2,(H,12,14). The molecule has 0 radical (unpaired) electrons. The van der Waals surface area contributed by atoms with Crippen LogP contribution in [0.1, 0.15) is 32.1 Å². The molecule has 0 bridgehead atoms. The molecule has 14 heavy (non-hydrogen) atoms. The maximum absolute atomic E-state index is 11.6. The third-order valence-electron chi connectivity index (χ3n) is 4.01. The first-order valence-electron chi connectivity index (χ1n) is 5.83. The molecule has 1 saturated heterocycles. The number of nitrogens with zero attached hydrogens (tertiary/aromatic N) is 1. The van der Waals surface area contributed by atoms with Crippen LogP contribution < -0.4 is 5.32 Å². The number of urea groups is 1. The minimum absolute atomic E-state index is 0.170. The van der Waals surface area contributed by atoms with Gasteiger partial charge in [-0.2, -0.15) is 0 Å². The highest BCUT2D eigenvalue weighted by atomic mass is 16.2. The molecule has 1 N–H and O–H groups in total. The highest BCUT2D eigenvalue weighted by molar-refractivity contribution is 5.74. The minimum Gasteiger partial charge on any atom is -0.338 e. The number of carbonyl (C=O) groups is 1. The molecule has 2 saturated carbocycles. The van der Waals surface area contributed by atoms with E-state index >= 15 is 0 Å². The second-order valence-corrected chi connectivity index (χ2v) is 5.14. The van der Waals surface area contributed by atoms with Gasteiger partial charge in [0.25, 0.3) is 0 Å². The topological polar surface area (TPSA) is 32.3 Å². The van der Waals surface area contributed by atoms with E-state index in [4.69, 9.17) is 0 Å². The molecular formula is C11H18N2O. The van der Waals surface area contributed by atoms with Crippen molar-refractivity contribution in [2.45, 2.75) is 32.1 Å². The van der Waals surface area contributed by atoms with E-state index in [1.165, 1.54) is 25.7 Å². The molecule has 3 fully saturated rings. The third kappa shape index (κ3) is 1.39. The summed E-state index contributed by atoms with van der Waals surface area (Å²) in [6.45, 7) is 2.87. The number of amides is 2. The second-order valence-electron chi connectivity index (χ2n) is 5.14. The van der Waals surface area contributed by atoms with Crippen LogP contribution in [0.5, 0.6) is 0 Å². The Kier molecular flexibility index (Phi) is 1.76. The van der Waals surface area contributed by atoms with Crippen LogP contribution in [0, 0.1) is 11.3 Å². The van der Waals surface area contributed by atoms with Gasteiger partial charge in [-0.25, -0.2) is 4.79 Å². The van der Waals surface area contributed by atoms with E-state index < -0.39 is 0 Å². The van der Waals surface area contributed by atoms with Gasteiger partial charge in [0.1, 0.15) is 0 Å². The Bertz CT molecular complexity index is 256. The van der Waals surface area contributed by atoms with E-state index in [-0.39, 0.29) is 6.03 Å². The highest BCUT2D eigenvalue weighted by Crippen LogP contribution is 2.61. The van der Waals surface area contributed by atoms with Gasteiger partial charge in [-0.1, -0.05) is 0 Å². The first-order chi connectivity index (χ1) is 6.80. The van der Waals surface area contributed by atoms with Crippen LogP contribution in [0.2, 0.25) is 0 Å². The van der Waals surface area contributed by atoms with Crippen molar-refractivity contribution < 1.29 is 4.79 Å². The van der Waals surface area contributed by atoms with Crippen molar-refractivity contribution in [1.29, 1.82) is 0 Å². The van der Waals surface area contributed by atoms with Crippen molar-refractivity contribution in [2.75, 3.05) is 19.6 Å². The van der Waals surface area contributed by atoms with E-state index in [2.05, 4.69) is 5.32 Å². The van der Waals surface area contributed by atoms with Crippen molar-refractivity contribution in [1.82, 2.24) is 10.2 Å². The van der Waals surface area contributed by atoms with Gasteiger partial charge >= 0.3 is 6.03 Å². The van der Waals surface area contributed by atoms with Gasteiger partial charge in [-0.05, 0) is 43.4 Å². The molecule has 0 aromatic heterocycles. The lowest BCUT2D eigenvalue weighted by Crippen LogP contribution is -2.48. The van der Waals surface area contributed by atoms with Gasteiger partial charge in [0, 0.05) is 19.6 Å². The summed E-state index contributed by atoms with van der Waals surface area (Å²) in [4.78, 5) is 13.6. The monoisotopic (exact) mass is 194 g/mol. The Balaban J connectivity index is 1.62. The zero-order valence-corrected chi connectivity index (χ0v) is 8.59. The van der Waals surface area contributed by atoms with E-state index in [0.29, 0.717) is 5.41 Å². The van der Waals surface area contributed by atoms with Crippen LogP contribution in [-0.4, -0.2) is 30.6 Å². The van der Waals surface area contributed by atoms with Crippen LogP contribution in [0.25, 0.3) is 0 Å². The van der Waals surface area contributed by atoms with E-state index in [0.717, 1.165) is 32.0 Å². The summed E-state index contributed by atoms with van der Waals surface area (Å²) >= 11 is 0. The van der Waals surface area contributed by atoms with Crippen molar-refractivity contribution in [3.63, 3.8) is 0 Å². The van der Waals surface area contributed by atoms with Crippen molar-refractivity contribution in [2.24, 2.45) is 11.3 Å². The van der Waals surface area contributed by atoms with Gasteiger partial charge in [0.2, 0.25) is 0 Å². The van der Waals surface area contributed by atoms with Crippen LogP contribution in [0.4, 0.5) is 4.79 Å². The van der Waals surface area contributed by atoms with Crippen molar-refractivity contribution >= 4 is 6.03 Å². The molecule has 0 spiro atoms. The Morgan fingerprint density at radius 3 is 2.79 bits per heavy atom. The molecule has 1 aliphatic heterocycles. The molecule has 3 nitrogen and oxygen atoms in total. The van der Waals surface area contributed by atoms with Crippen LogP contribution >= 0.6 is 0 Å². The Hall–Kier alpha value is -0.730. The maximum Gasteiger partial charge on any atom is 0.317 e. The number of nitrogens with one attached hydrogen (secondary N) is 1. The average molecular weight is 194 g/mol. The average Bonchev–Trinajstić information content (AvgIpc) is 3.00. The summed E-state index contributed by atoms with van der Waals surface area (Å²) in [5.74, 6) is 0.956. The summed E-state index contributed by atoms with van der Waals surface area (Å²) in [5.41, 5.74) is 0.564. The Morgan fingerprint density at radius 2 is 2.21 bits per heavy atom. The highest BCUT2D eigenvalue weighted by Gasteiger charge is 2.54. The third-order valence-corrected chi connectivity index (χ3v) is 4.01. The first kappa shape index (κ1) is 8.57. The van der Waals surface area contributed by atoms with E-state index in [1.54, 1.807) is 0 Å². The lowest BCUT2D eigenvalue weighted by atomic mass is 10.00. The molecule has 2 aliphatic carbocycles. The van der Waals surface area contributed by atoms with Gasteiger partial charge in [0.15, 0.2) is 0 Å². The first-order valence-corrected chi connectivity index (χ1v) is 5.83. The molecule has 0 atom stereocenters. The van der Waals surface area contributed by atoms with Crippen LogP contribution in [0.15, 0.2) is 0 Å². The molecule has 78 valence electrons. The molecule has 0 unspecified atom stereocenters. The van der Waals surface area contributed by atoms with E-state index in [1.807, 2.05) is 4.90 Å². The minimum atomic E-state index is 0.170. The molecule has 1 heterocycles. The summed E-state index contributed by atoms with van der Waals surface area (Å²) in [6.07, 6.45) is 6.67. The Morgan fingerprint density at radius 1 is 1.43 bits per heavy atom. The van der Waals surface area contributed by atoms with Gasteiger partial charge in [-0.15, -0.1) is 0 Å². The molecular weight excluding hydrogens is 176 g/mol. The fraction of sp³-hybridized carbons (Fsp3) is 0.909. The van der Waals surface area contributed by atoms with Crippen molar-refractivity contribution in [3.05, 3.63) is 0 Å². The number of rotatable bonds is 3. The zero-order valence-electron chi connectivity index (χ0n) is 8.59. The van der Waals surface area contributed by atoms with Gasteiger partial charge in [-0.3, -0.25) is 0 Å². The molecule has 3 rings (SSSR count). The van der Waals surface area contributed by atoms with Gasteiger partial charge in [0.05, 0.1) is 0 Å². The lowest BCUT2D eigenvalue weighted by Gasteiger charge is -2.31. The predicted octanol–water partition coefficient (Wildman–Crippen LogP) is 1.59. The molecule has 2 amide bonds. The maximum atomic E-state index is 11.6. The summed E-state index contributed by atoms with van der Waals surface area (Å²) in [7, 11) is 0. The zero-order chi connectivity index (χ0) is 9.60. The summed E-state index contributed by atoms with van der Waals surface area (Å²) in [5, 5.41) is 2.93. The Labute approximate surface area is 84.8 Å². The van der Waals surface area contributed by atoms with Crippen LogP contribution in [-0.2, 0) is 0 Å². The fourth-order valence-electron chi connectivity index (χ4n) is 2.76.